The minimum atomic E-state index is 0.874. The van der Waals surface area contributed by atoms with Gasteiger partial charge in [-0.25, -0.2) is 4.68 Å². The molecule has 1 aromatic carbocycles. The molecular weight excluding hydrogens is 278 g/mol. The van der Waals surface area contributed by atoms with Crippen LogP contribution in [0.15, 0.2) is 43.0 Å². The quantitative estimate of drug-likeness (QED) is 0.598. The number of nitrogens with zero attached hydrogens (tertiary/aromatic N) is 2. The van der Waals surface area contributed by atoms with Gasteiger partial charge < -0.3 is 5.32 Å². The van der Waals surface area contributed by atoms with Gasteiger partial charge in [0.15, 0.2) is 0 Å². The molecule has 4 heteroatoms. The van der Waals surface area contributed by atoms with Crippen molar-refractivity contribution < 1.29 is 0 Å². The summed E-state index contributed by atoms with van der Waals surface area (Å²) >= 11 is 1.90. The molecule has 0 aliphatic rings. The van der Waals surface area contributed by atoms with E-state index in [1.54, 1.807) is 0 Å². The second-order valence-corrected chi connectivity index (χ2v) is 6.09. The van der Waals surface area contributed by atoms with Crippen molar-refractivity contribution in [2.75, 3.05) is 18.1 Å². The molecule has 0 saturated heterocycles. The molecule has 0 amide bonds. The highest BCUT2D eigenvalue weighted by Crippen LogP contribution is 2.17. The normalized spacial score (nSPS) is 10.8. The maximum atomic E-state index is 4.67. The molecule has 2 rings (SSSR count). The molecule has 0 fully saturated rings. The molecule has 21 heavy (non-hydrogen) atoms. The van der Waals surface area contributed by atoms with Crippen LogP contribution in [0.5, 0.6) is 0 Å². The third kappa shape index (κ3) is 4.22. The number of aryl methyl sites for hydroxylation is 1. The van der Waals surface area contributed by atoms with Crippen LogP contribution in [-0.4, -0.2) is 27.8 Å². The summed E-state index contributed by atoms with van der Waals surface area (Å²) in [6.07, 6.45) is 1.95. The van der Waals surface area contributed by atoms with E-state index in [4.69, 9.17) is 0 Å². The summed E-state index contributed by atoms with van der Waals surface area (Å²) < 4.78 is 2.03. The SMILES string of the molecule is C=CCSCCNCc1c(C)nn(-c2ccccc2)c1C. The van der Waals surface area contributed by atoms with E-state index < -0.39 is 0 Å². The number of nitrogens with one attached hydrogen (secondary N) is 1. The average Bonchev–Trinajstić information content (AvgIpc) is 2.79. The van der Waals surface area contributed by atoms with Gasteiger partial charge in [0.25, 0.3) is 0 Å². The Balaban J connectivity index is 1.98. The zero-order valence-electron chi connectivity index (χ0n) is 12.8. The van der Waals surface area contributed by atoms with E-state index in [1.807, 2.05) is 40.7 Å². The van der Waals surface area contributed by atoms with E-state index >= 15 is 0 Å². The fraction of sp³-hybridized carbons (Fsp3) is 0.353. The Kier molecular flexibility index (Phi) is 6.08. The highest BCUT2D eigenvalue weighted by atomic mass is 32.2. The number of rotatable bonds is 8. The second-order valence-electron chi connectivity index (χ2n) is 4.94. The van der Waals surface area contributed by atoms with Gasteiger partial charge in [-0.1, -0.05) is 24.3 Å². The molecule has 0 radical (unpaired) electrons. The zero-order valence-corrected chi connectivity index (χ0v) is 13.6. The third-order valence-corrected chi connectivity index (χ3v) is 4.37. The number of para-hydroxylation sites is 1. The van der Waals surface area contributed by atoms with Crippen LogP contribution in [0, 0.1) is 13.8 Å². The van der Waals surface area contributed by atoms with Gasteiger partial charge in [-0.05, 0) is 26.0 Å². The summed E-state index contributed by atoms with van der Waals surface area (Å²) in [5.74, 6) is 2.13. The number of hydrogen-bond acceptors (Lipinski definition) is 3. The largest absolute Gasteiger partial charge is 0.312 e. The van der Waals surface area contributed by atoms with Crippen molar-refractivity contribution in [1.82, 2.24) is 15.1 Å². The van der Waals surface area contributed by atoms with Crippen molar-refractivity contribution in [3.63, 3.8) is 0 Å². The van der Waals surface area contributed by atoms with Crippen LogP contribution >= 0.6 is 11.8 Å². The molecule has 2 aromatic rings. The minimum absolute atomic E-state index is 0.874. The number of hydrogen-bond donors (Lipinski definition) is 1. The first kappa shape index (κ1) is 15.9. The van der Waals surface area contributed by atoms with Crippen molar-refractivity contribution in [1.29, 1.82) is 0 Å². The van der Waals surface area contributed by atoms with Crippen LogP contribution in [0.3, 0.4) is 0 Å². The lowest BCUT2D eigenvalue weighted by atomic mass is 10.2. The van der Waals surface area contributed by atoms with Crippen LogP contribution in [-0.2, 0) is 6.54 Å². The molecular formula is C17H23N3S. The topological polar surface area (TPSA) is 29.9 Å². The van der Waals surface area contributed by atoms with Crippen LogP contribution in [0.2, 0.25) is 0 Å². The second kappa shape index (κ2) is 8.05. The Bertz CT molecular complexity index is 575. The monoisotopic (exact) mass is 301 g/mol. The van der Waals surface area contributed by atoms with Crippen molar-refractivity contribution in [2.45, 2.75) is 20.4 Å². The molecule has 0 unspecified atom stereocenters. The van der Waals surface area contributed by atoms with E-state index in [2.05, 4.69) is 43.0 Å². The Morgan fingerprint density at radius 2 is 2.05 bits per heavy atom. The van der Waals surface area contributed by atoms with Crippen LogP contribution in [0.25, 0.3) is 5.69 Å². The summed E-state index contributed by atoms with van der Waals surface area (Å²) in [6.45, 7) is 9.83. The van der Waals surface area contributed by atoms with Gasteiger partial charge in [0.1, 0.15) is 0 Å². The molecule has 0 spiro atoms. The zero-order chi connectivity index (χ0) is 15.1. The lowest BCUT2D eigenvalue weighted by molar-refractivity contribution is 0.724. The number of thioether (sulfide) groups is 1. The highest BCUT2D eigenvalue weighted by Gasteiger charge is 2.11. The molecule has 1 N–H and O–H groups in total. The summed E-state index contributed by atoms with van der Waals surface area (Å²) in [7, 11) is 0. The first-order valence-corrected chi connectivity index (χ1v) is 8.39. The third-order valence-electron chi connectivity index (χ3n) is 3.40. The maximum Gasteiger partial charge on any atom is 0.0648 e. The molecule has 3 nitrogen and oxygen atoms in total. The number of aromatic nitrogens is 2. The summed E-state index contributed by atoms with van der Waals surface area (Å²) in [6, 6.07) is 10.3. The standard InChI is InChI=1S/C17H23N3S/c1-4-11-21-12-10-18-13-17-14(2)19-20(15(17)3)16-8-6-5-7-9-16/h4-9,18H,1,10-13H2,2-3H3. The lowest BCUT2D eigenvalue weighted by Crippen LogP contribution is -2.17. The van der Waals surface area contributed by atoms with Gasteiger partial charge in [0.2, 0.25) is 0 Å². The average molecular weight is 301 g/mol. The van der Waals surface area contributed by atoms with Crippen LogP contribution < -0.4 is 5.32 Å². The molecule has 1 heterocycles. The van der Waals surface area contributed by atoms with Gasteiger partial charge in [0, 0.05) is 35.9 Å². The lowest BCUT2D eigenvalue weighted by Gasteiger charge is -2.06. The molecule has 0 saturated carbocycles. The Hall–Kier alpha value is -1.52. The fourth-order valence-electron chi connectivity index (χ4n) is 2.28. The first-order valence-electron chi connectivity index (χ1n) is 7.24. The maximum absolute atomic E-state index is 4.67. The predicted octanol–water partition coefficient (Wildman–Crippen LogP) is 3.50. The Morgan fingerprint density at radius 3 is 2.76 bits per heavy atom. The molecule has 0 bridgehead atoms. The summed E-state index contributed by atoms with van der Waals surface area (Å²) in [5.41, 5.74) is 4.73. The van der Waals surface area contributed by atoms with Gasteiger partial charge in [0.05, 0.1) is 11.4 Å². The van der Waals surface area contributed by atoms with Gasteiger partial charge >= 0.3 is 0 Å². The van der Waals surface area contributed by atoms with Crippen LogP contribution in [0.4, 0.5) is 0 Å². The highest BCUT2D eigenvalue weighted by molar-refractivity contribution is 7.99. The van der Waals surface area contributed by atoms with E-state index in [0.29, 0.717) is 0 Å². The smallest absolute Gasteiger partial charge is 0.0648 e. The first-order chi connectivity index (χ1) is 10.2. The van der Waals surface area contributed by atoms with Crippen molar-refractivity contribution in [3.05, 3.63) is 59.9 Å². The predicted molar refractivity (Wildman–Crippen MR) is 92.3 cm³/mol. The van der Waals surface area contributed by atoms with Gasteiger partial charge in [-0.3, -0.25) is 0 Å². The Labute approximate surface area is 131 Å². The van der Waals surface area contributed by atoms with Crippen LogP contribution in [0.1, 0.15) is 17.0 Å². The van der Waals surface area contributed by atoms with Crippen molar-refractivity contribution >= 4 is 11.8 Å². The minimum Gasteiger partial charge on any atom is -0.312 e. The van der Waals surface area contributed by atoms with Crippen molar-refractivity contribution in [2.24, 2.45) is 0 Å². The van der Waals surface area contributed by atoms with Gasteiger partial charge in [-0.2, -0.15) is 16.9 Å². The Morgan fingerprint density at radius 1 is 1.29 bits per heavy atom. The fourth-order valence-corrected chi connectivity index (χ4v) is 2.90. The van der Waals surface area contributed by atoms with E-state index in [9.17, 15) is 0 Å². The number of benzene rings is 1. The molecule has 0 atom stereocenters. The summed E-state index contributed by atoms with van der Waals surface area (Å²) in [4.78, 5) is 0. The van der Waals surface area contributed by atoms with Gasteiger partial charge in [-0.15, -0.1) is 6.58 Å². The molecule has 1 aromatic heterocycles. The summed E-state index contributed by atoms with van der Waals surface area (Å²) in [5, 5.41) is 8.17. The van der Waals surface area contributed by atoms with E-state index in [0.717, 1.165) is 36.0 Å². The molecule has 112 valence electrons. The van der Waals surface area contributed by atoms with E-state index in [-0.39, 0.29) is 0 Å². The molecule has 0 aliphatic heterocycles. The van der Waals surface area contributed by atoms with E-state index in [1.165, 1.54) is 11.3 Å². The van der Waals surface area contributed by atoms with Crippen molar-refractivity contribution in [3.8, 4) is 5.69 Å². The molecule has 0 aliphatic carbocycles.